The topological polar surface area (TPSA) is 70.6 Å². The van der Waals surface area contributed by atoms with Crippen molar-refractivity contribution in [3.63, 3.8) is 0 Å². The van der Waals surface area contributed by atoms with E-state index < -0.39 is 15.7 Å². The second-order valence-corrected chi connectivity index (χ2v) is 8.46. The van der Waals surface area contributed by atoms with E-state index in [0.717, 1.165) is 6.07 Å². The molecule has 2 aromatic rings. The molecule has 2 atom stereocenters. The lowest BCUT2D eigenvalue weighted by Gasteiger charge is -2.24. The Morgan fingerprint density at radius 1 is 1.07 bits per heavy atom. The largest absolute Gasteiger partial charge is 0.355 e. The highest BCUT2D eigenvalue weighted by atomic mass is 127. The van der Waals surface area contributed by atoms with Crippen molar-refractivity contribution >= 4 is 39.8 Å². The van der Waals surface area contributed by atoms with Crippen LogP contribution in [0, 0.1) is 5.82 Å². The highest BCUT2D eigenvalue weighted by Crippen LogP contribution is 2.18. The van der Waals surface area contributed by atoms with Crippen LogP contribution < -0.4 is 10.6 Å². The number of guanidine groups is 1. The van der Waals surface area contributed by atoms with Crippen LogP contribution >= 0.6 is 24.0 Å². The molecule has 154 valence electrons. The molecule has 0 heterocycles. The van der Waals surface area contributed by atoms with E-state index >= 15 is 0 Å². The Morgan fingerprint density at radius 3 is 2.29 bits per heavy atom. The van der Waals surface area contributed by atoms with Crippen LogP contribution in [0.5, 0.6) is 0 Å². The average Bonchev–Trinajstić information content (AvgIpc) is 2.67. The number of nitrogens with one attached hydrogen (secondary N) is 2. The molecule has 2 rings (SSSR count). The van der Waals surface area contributed by atoms with Gasteiger partial charge in [-0.2, -0.15) is 0 Å². The number of halogens is 2. The molecule has 0 radical (unpaired) electrons. The van der Waals surface area contributed by atoms with E-state index in [-0.39, 0.29) is 53.1 Å². The minimum Gasteiger partial charge on any atom is -0.355 e. The summed E-state index contributed by atoms with van der Waals surface area (Å²) >= 11 is 0. The van der Waals surface area contributed by atoms with Gasteiger partial charge >= 0.3 is 0 Å². The molecule has 0 spiro atoms. The van der Waals surface area contributed by atoms with Gasteiger partial charge in [-0.15, -0.1) is 24.0 Å². The fraction of sp³-hybridized carbons (Fsp3) is 0.350. The number of hydrogen-bond donors (Lipinski definition) is 2. The smallest absolute Gasteiger partial charge is 0.191 e. The van der Waals surface area contributed by atoms with Crippen molar-refractivity contribution < 1.29 is 12.8 Å². The molecule has 0 saturated carbocycles. The van der Waals surface area contributed by atoms with Gasteiger partial charge in [0.05, 0.1) is 5.75 Å². The van der Waals surface area contributed by atoms with Gasteiger partial charge in [0.1, 0.15) is 10.7 Å². The molecule has 0 aliphatic carbocycles. The number of sulfone groups is 1. The number of hydrogen-bond acceptors (Lipinski definition) is 3. The second-order valence-electron chi connectivity index (χ2n) is 6.38. The number of rotatable bonds is 7. The highest BCUT2D eigenvalue weighted by Gasteiger charge is 2.19. The van der Waals surface area contributed by atoms with Gasteiger partial charge in [0.25, 0.3) is 0 Å². The first-order valence-corrected chi connectivity index (χ1v) is 10.5. The molecule has 2 N–H and O–H groups in total. The number of aliphatic imine (C=N–C) groups is 1. The zero-order valence-electron chi connectivity index (χ0n) is 16.2. The standard InChI is InChI=1S/C20H26FN3O2S.HI/c1-15(17-9-5-4-6-10-17)16(2)24-20(22-3)23-13-14-27(25,26)19-12-8-7-11-18(19)21;/h4-12,15-16H,13-14H2,1-3H3,(H2,22,23,24);1H. The van der Waals surface area contributed by atoms with Gasteiger partial charge in [0.2, 0.25) is 0 Å². The third kappa shape index (κ3) is 6.73. The number of benzene rings is 2. The molecule has 8 heteroatoms. The lowest BCUT2D eigenvalue weighted by molar-refractivity contribution is 0.550. The molecule has 0 aliphatic heterocycles. The predicted octanol–water partition coefficient (Wildman–Crippen LogP) is 3.57. The lowest BCUT2D eigenvalue weighted by Crippen LogP contribution is -2.45. The Kier molecular flexibility index (Phi) is 9.88. The second kappa shape index (κ2) is 11.4. The first kappa shape index (κ1) is 24.4. The molecule has 0 aliphatic rings. The van der Waals surface area contributed by atoms with Crippen LogP contribution in [0.1, 0.15) is 25.3 Å². The first-order chi connectivity index (χ1) is 12.8. The van der Waals surface area contributed by atoms with Gasteiger partial charge in [-0.25, -0.2) is 12.8 Å². The van der Waals surface area contributed by atoms with Crippen molar-refractivity contribution in [2.24, 2.45) is 4.99 Å². The Bertz CT molecular complexity index is 876. The summed E-state index contributed by atoms with van der Waals surface area (Å²) < 4.78 is 38.3. The van der Waals surface area contributed by atoms with Crippen LogP contribution in [0.4, 0.5) is 4.39 Å². The summed E-state index contributed by atoms with van der Waals surface area (Å²) in [6, 6.07) is 15.6. The fourth-order valence-corrected chi connectivity index (χ4v) is 3.93. The van der Waals surface area contributed by atoms with E-state index in [1.54, 1.807) is 7.05 Å². The molecule has 0 bridgehead atoms. The summed E-state index contributed by atoms with van der Waals surface area (Å²) in [4.78, 5) is 3.86. The predicted molar refractivity (Wildman–Crippen MR) is 123 cm³/mol. The molecule has 0 fully saturated rings. The zero-order chi connectivity index (χ0) is 19.9. The molecule has 0 saturated heterocycles. The molecule has 5 nitrogen and oxygen atoms in total. The van der Waals surface area contributed by atoms with Gasteiger partial charge in [0.15, 0.2) is 15.8 Å². The maximum Gasteiger partial charge on any atom is 0.191 e. The average molecular weight is 519 g/mol. The van der Waals surface area contributed by atoms with Gasteiger partial charge in [-0.05, 0) is 24.6 Å². The molecule has 0 aromatic heterocycles. The van der Waals surface area contributed by atoms with Crippen molar-refractivity contribution in [3.05, 3.63) is 66.0 Å². The summed E-state index contributed by atoms with van der Waals surface area (Å²) in [7, 11) is -2.08. The van der Waals surface area contributed by atoms with Crippen LogP contribution in [0.25, 0.3) is 0 Å². The maximum absolute atomic E-state index is 13.7. The van der Waals surface area contributed by atoms with Gasteiger partial charge < -0.3 is 10.6 Å². The quantitative estimate of drug-likeness (QED) is 0.334. The monoisotopic (exact) mass is 519 g/mol. The molecule has 0 amide bonds. The lowest BCUT2D eigenvalue weighted by atomic mass is 9.94. The van der Waals surface area contributed by atoms with E-state index in [2.05, 4.69) is 34.7 Å². The third-order valence-electron chi connectivity index (χ3n) is 4.50. The van der Waals surface area contributed by atoms with Crippen LogP contribution in [-0.4, -0.2) is 39.8 Å². The van der Waals surface area contributed by atoms with Gasteiger partial charge in [-0.1, -0.05) is 49.4 Å². The van der Waals surface area contributed by atoms with Crippen molar-refractivity contribution in [1.82, 2.24) is 10.6 Å². The highest BCUT2D eigenvalue weighted by molar-refractivity contribution is 14.0. The minimum atomic E-state index is -3.70. The minimum absolute atomic E-state index is 0. The molecule has 2 unspecified atom stereocenters. The van der Waals surface area contributed by atoms with E-state index in [0.29, 0.717) is 5.96 Å². The van der Waals surface area contributed by atoms with Crippen LogP contribution in [0.15, 0.2) is 64.5 Å². The first-order valence-electron chi connectivity index (χ1n) is 8.84. The van der Waals surface area contributed by atoms with Crippen LogP contribution in [0.3, 0.4) is 0 Å². The van der Waals surface area contributed by atoms with E-state index in [1.807, 2.05) is 25.1 Å². The van der Waals surface area contributed by atoms with Crippen molar-refractivity contribution in [2.75, 3.05) is 19.3 Å². The molecule has 2 aromatic carbocycles. The van der Waals surface area contributed by atoms with E-state index in [1.165, 1.54) is 23.8 Å². The molecule has 28 heavy (non-hydrogen) atoms. The van der Waals surface area contributed by atoms with Crippen LogP contribution in [0.2, 0.25) is 0 Å². The zero-order valence-corrected chi connectivity index (χ0v) is 19.4. The number of nitrogens with zero attached hydrogens (tertiary/aromatic N) is 1. The summed E-state index contributed by atoms with van der Waals surface area (Å²) in [5, 5.41) is 6.26. The van der Waals surface area contributed by atoms with Crippen LogP contribution in [-0.2, 0) is 9.84 Å². The summed E-state index contributed by atoms with van der Waals surface area (Å²) in [6.07, 6.45) is 0. The van der Waals surface area contributed by atoms with E-state index in [9.17, 15) is 12.8 Å². The van der Waals surface area contributed by atoms with Crippen molar-refractivity contribution in [1.29, 1.82) is 0 Å². The Morgan fingerprint density at radius 2 is 1.68 bits per heavy atom. The van der Waals surface area contributed by atoms with Crippen molar-refractivity contribution in [2.45, 2.75) is 30.7 Å². The Hall–Kier alpha value is -1.68. The summed E-state index contributed by atoms with van der Waals surface area (Å²) in [5.74, 6) is -0.205. The van der Waals surface area contributed by atoms with Gasteiger partial charge in [0, 0.05) is 25.6 Å². The third-order valence-corrected chi connectivity index (χ3v) is 6.24. The SMILES string of the molecule is CN=C(NCCS(=O)(=O)c1ccccc1F)NC(C)C(C)c1ccccc1.I. The maximum atomic E-state index is 13.7. The normalized spacial score (nSPS) is 13.9. The van der Waals surface area contributed by atoms with E-state index in [4.69, 9.17) is 0 Å². The molecular formula is C20H27FIN3O2S. The Balaban J connectivity index is 0.00000392. The molecular weight excluding hydrogens is 492 g/mol. The summed E-state index contributed by atoms with van der Waals surface area (Å²) in [6.45, 7) is 4.28. The fourth-order valence-electron chi connectivity index (χ4n) is 2.69. The summed E-state index contributed by atoms with van der Waals surface area (Å²) in [5.41, 5.74) is 1.20. The van der Waals surface area contributed by atoms with Gasteiger partial charge in [-0.3, -0.25) is 4.99 Å². The Labute approximate surface area is 183 Å². The van der Waals surface area contributed by atoms with Crippen molar-refractivity contribution in [3.8, 4) is 0 Å².